The molecule has 1 saturated heterocycles. The number of fused-ring (bicyclic) bond motifs is 1. The average molecular weight is 514 g/mol. The molecule has 188 valence electrons. The Hall–Kier alpha value is -3.70. The van der Waals surface area contributed by atoms with Crippen LogP contribution >= 0.6 is 0 Å². The molecule has 36 heavy (non-hydrogen) atoms. The smallest absolute Gasteiger partial charge is 0.263 e. The van der Waals surface area contributed by atoms with Crippen LogP contribution in [0.4, 0.5) is 10.2 Å². The molecular weight excluding hydrogens is 489 g/mol. The second kappa shape index (κ2) is 9.75. The zero-order valence-electron chi connectivity index (χ0n) is 19.4. The SMILES string of the molecule is COc1cc(C[C@H]2CCCOC2)c(F)cc1-n1c(=O)ccc2cc(S(=O)(=O)Nc3ccon3)ccc21. The number of pyridine rings is 1. The van der Waals surface area contributed by atoms with Crippen LogP contribution in [0, 0.1) is 11.7 Å². The molecule has 0 radical (unpaired) electrons. The van der Waals surface area contributed by atoms with Gasteiger partial charge in [0.1, 0.15) is 17.8 Å². The summed E-state index contributed by atoms with van der Waals surface area (Å²) in [5.74, 6) is 0.147. The fourth-order valence-electron chi connectivity index (χ4n) is 4.46. The first-order valence-electron chi connectivity index (χ1n) is 11.4. The quantitative estimate of drug-likeness (QED) is 0.399. The van der Waals surface area contributed by atoms with Crippen LogP contribution in [0.2, 0.25) is 0 Å². The van der Waals surface area contributed by atoms with E-state index in [2.05, 4.69) is 14.4 Å². The Bertz CT molecular complexity index is 1560. The standard InChI is InChI=1S/C25H24FN3O6S/c1-33-23-13-18(11-16-3-2-9-34-15-16)20(26)14-22(23)29-21-6-5-19(12-17(21)4-7-25(29)30)36(31,32)28-24-8-10-35-27-24/h4-8,10,12-14,16H,2-3,9,11,15H2,1H3,(H,27,28)/t16-/m1/s1. The lowest BCUT2D eigenvalue weighted by Gasteiger charge is -2.23. The van der Waals surface area contributed by atoms with Gasteiger partial charge in [0.05, 0.1) is 23.2 Å². The molecule has 0 bridgehead atoms. The Labute approximate surface area is 206 Å². The third kappa shape index (κ3) is 4.71. The van der Waals surface area contributed by atoms with Crippen LogP contribution < -0.4 is 15.0 Å². The van der Waals surface area contributed by atoms with E-state index in [-0.39, 0.29) is 22.3 Å². The summed E-state index contributed by atoms with van der Waals surface area (Å²) in [5, 5.41) is 4.02. The number of nitrogens with one attached hydrogen (secondary N) is 1. The molecular formula is C25H24FN3O6S. The number of sulfonamides is 1. The molecule has 9 nitrogen and oxygen atoms in total. The maximum absolute atomic E-state index is 15.2. The lowest BCUT2D eigenvalue weighted by molar-refractivity contribution is 0.0547. The third-order valence-corrected chi connectivity index (χ3v) is 7.56. The van der Waals surface area contributed by atoms with Gasteiger partial charge in [0.15, 0.2) is 5.82 Å². The van der Waals surface area contributed by atoms with E-state index < -0.39 is 21.4 Å². The zero-order chi connectivity index (χ0) is 25.3. The summed E-state index contributed by atoms with van der Waals surface area (Å²) in [6.07, 6.45) is 3.66. The maximum Gasteiger partial charge on any atom is 0.263 e. The van der Waals surface area contributed by atoms with Crippen molar-refractivity contribution in [1.29, 1.82) is 0 Å². The van der Waals surface area contributed by atoms with Gasteiger partial charge in [0, 0.05) is 36.8 Å². The molecule has 4 aromatic rings. The zero-order valence-corrected chi connectivity index (χ0v) is 20.3. The van der Waals surface area contributed by atoms with Gasteiger partial charge in [0.25, 0.3) is 15.6 Å². The predicted molar refractivity (Wildman–Crippen MR) is 131 cm³/mol. The summed E-state index contributed by atoms with van der Waals surface area (Å²) in [6.45, 7) is 1.31. The van der Waals surface area contributed by atoms with E-state index >= 15 is 4.39 Å². The van der Waals surface area contributed by atoms with Crippen molar-refractivity contribution in [3.63, 3.8) is 0 Å². The van der Waals surface area contributed by atoms with Crippen molar-refractivity contribution >= 4 is 26.7 Å². The van der Waals surface area contributed by atoms with E-state index in [1.165, 1.54) is 60.4 Å². The van der Waals surface area contributed by atoms with Crippen LogP contribution in [0.25, 0.3) is 16.6 Å². The summed E-state index contributed by atoms with van der Waals surface area (Å²) >= 11 is 0. The summed E-state index contributed by atoms with van der Waals surface area (Å²) < 4.78 is 60.1. The van der Waals surface area contributed by atoms with Crippen molar-refractivity contribution in [2.75, 3.05) is 25.0 Å². The van der Waals surface area contributed by atoms with Gasteiger partial charge in [-0.25, -0.2) is 12.8 Å². The highest BCUT2D eigenvalue weighted by Gasteiger charge is 2.21. The van der Waals surface area contributed by atoms with Crippen LogP contribution in [0.5, 0.6) is 5.75 Å². The second-order valence-electron chi connectivity index (χ2n) is 8.62. The molecule has 0 unspecified atom stereocenters. The number of halogens is 1. The van der Waals surface area contributed by atoms with E-state index in [9.17, 15) is 13.2 Å². The monoisotopic (exact) mass is 513 g/mol. The van der Waals surface area contributed by atoms with Crippen molar-refractivity contribution in [3.8, 4) is 11.4 Å². The fourth-order valence-corrected chi connectivity index (χ4v) is 5.49. The number of hydrogen-bond acceptors (Lipinski definition) is 7. The molecule has 0 amide bonds. The molecule has 2 aromatic carbocycles. The Morgan fingerprint density at radius 3 is 2.78 bits per heavy atom. The number of hydrogen-bond donors (Lipinski definition) is 1. The molecule has 3 heterocycles. The van der Waals surface area contributed by atoms with Crippen molar-refractivity contribution in [2.45, 2.75) is 24.2 Å². The number of ether oxygens (including phenoxy) is 2. The Morgan fingerprint density at radius 1 is 1.19 bits per heavy atom. The number of aromatic nitrogens is 2. The third-order valence-electron chi connectivity index (χ3n) is 6.20. The van der Waals surface area contributed by atoms with Crippen molar-refractivity contribution in [2.24, 2.45) is 5.92 Å². The minimum absolute atomic E-state index is 0.0357. The summed E-state index contributed by atoms with van der Waals surface area (Å²) in [7, 11) is -2.50. The first-order valence-corrected chi connectivity index (χ1v) is 12.9. The van der Waals surface area contributed by atoms with Crippen molar-refractivity contribution in [3.05, 3.63) is 76.5 Å². The lowest BCUT2D eigenvalue weighted by Crippen LogP contribution is -2.21. The van der Waals surface area contributed by atoms with E-state index in [4.69, 9.17) is 9.47 Å². The minimum Gasteiger partial charge on any atom is -0.495 e. The van der Waals surface area contributed by atoms with Crippen molar-refractivity contribution < 1.29 is 26.8 Å². The molecule has 2 aromatic heterocycles. The van der Waals surface area contributed by atoms with E-state index in [1.54, 1.807) is 6.07 Å². The number of benzene rings is 2. The summed E-state index contributed by atoms with van der Waals surface area (Å²) in [5.41, 5.74) is 0.705. The van der Waals surface area contributed by atoms with E-state index in [0.29, 0.717) is 35.2 Å². The highest BCUT2D eigenvalue weighted by atomic mass is 32.2. The number of anilines is 1. The largest absolute Gasteiger partial charge is 0.495 e. The average Bonchev–Trinajstić information content (AvgIpc) is 3.38. The first kappa shape index (κ1) is 24.0. The second-order valence-corrected chi connectivity index (χ2v) is 10.3. The van der Waals surface area contributed by atoms with Crippen LogP contribution in [0.15, 0.2) is 69.0 Å². The van der Waals surface area contributed by atoms with Crippen LogP contribution in [0.1, 0.15) is 18.4 Å². The van der Waals surface area contributed by atoms with E-state index in [0.717, 1.165) is 19.4 Å². The highest BCUT2D eigenvalue weighted by molar-refractivity contribution is 7.92. The van der Waals surface area contributed by atoms with Crippen LogP contribution in [0.3, 0.4) is 0 Å². The predicted octanol–water partition coefficient (Wildman–Crippen LogP) is 3.90. The number of rotatable bonds is 7. The maximum atomic E-state index is 15.2. The summed E-state index contributed by atoms with van der Waals surface area (Å²) in [6, 6.07) is 11.4. The van der Waals surface area contributed by atoms with E-state index in [1.807, 2.05) is 0 Å². The van der Waals surface area contributed by atoms with Gasteiger partial charge in [-0.15, -0.1) is 0 Å². The van der Waals surface area contributed by atoms with Gasteiger partial charge in [-0.05, 0) is 61.1 Å². The molecule has 1 aliphatic heterocycles. The molecule has 0 aliphatic carbocycles. The normalized spacial score (nSPS) is 16.2. The first-order chi connectivity index (χ1) is 17.4. The molecule has 0 spiro atoms. The van der Waals surface area contributed by atoms with Gasteiger partial charge in [-0.1, -0.05) is 5.16 Å². The molecule has 1 aliphatic rings. The Balaban J connectivity index is 1.56. The van der Waals surface area contributed by atoms with Gasteiger partial charge < -0.3 is 14.0 Å². The van der Waals surface area contributed by atoms with Gasteiger partial charge >= 0.3 is 0 Å². The minimum atomic E-state index is -3.96. The molecule has 0 saturated carbocycles. The topological polar surface area (TPSA) is 113 Å². The number of methoxy groups -OCH3 is 1. The Morgan fingerprint density at radius 2 is 2.06 bits per heavy atom. The molecule has 1 fully saturated rings. The molecule has 1 N–H and O–H groups in total. The highest BCUT2D eigenvalue weighted by Crippen LogP contribution is 2.31. The lowest BCUT2D eigenvalue weighted by atomic mass is 9.93. The van der Waals surface area contributed by atoms with Gasteiger partial charge in [-0.3, -0.25) is 14.1 Å². The molecule has 1 atom stereocenters. The molecule has 5 rings (SSSR count). The number of nitrogens with zero attached hydrogens (tertiary/aromatic N) is 2. The van der Waals surface area contributed by atoms with Gasteiger partial charge in [-0.2, -0.15) is 0 Å². The fraction of sp³-hybridized carbons (Fsp3) is 0.280. The van der Waals surface area contributed by atoms with Crippen LogP contribution in [-0.2, 0) is 21.2 Å². The van der Waals surface area contributed by atoms with Crippen molar-refractivity contribution in [1.82, 2.24) is 9.72 Å². The Kier molecular flexibility index (Phi) is 6.50. The van der Waals surface area contributed by atoms with Crippen LogP contribution in [-0.4, -0.2) is 38.5 Å². The molecule has 11 heteroatoms. The van der Waals surface area contributed by atoms with Gasteiger partial charge in [0.2, 0.25) is 0 Å². The summed E-state index contributed by atoms with van der Waals surface area (Å²) in [4.78, 5) is 12.9.